The predicted octanol–water partition coefficient (Wildman–Crippen LogP) is 6.58. The van der Waals surface area contributed by atoms with Gasteiger partial charge in [0.15, 0.2) is 11.6 Å². The molecule has 6 heteroatoms. The van der Waals surface area contributed by atoms with Crippen molar-refractivity contribution in [3.63, 3.8) is 0 Å². The van der Waals surface area contributed by atoms with E-state index in [4.69, 9.17) is 9.47 Å². The lowest BCUT2D eigenvalue weighted by Gasteiger charge is -2.13. The number of aliphatic hydroxyl groups excluding tert-OH is 1. The molecule has 1 N–H and O–H groups in total. The number of ether oxygens (including phenoxy) is 2. The summed E-state index contributed by atoms with van der Waals surface area (Å²) in [5, 5.41) is 9.96. The first kappa shape index (κ1) is 22.7. The molecule has 164 valence electrons. The smallest absolute Gasteiger partial charge is 0.201 e. The molecule has 0 radical (unpaired) electrons. The Kier molecular flexibility index (Phi) is 7.58. The first-order chi connectivity index (χ1) is 14.9. The summed E-state index contributed by atoms with van der Waals surface area (Å²) in [4.78, 5) is 0. The average Bonchev–Trinajstić information content (AvgIpc) is 2.76. The van der Waals surface area contributed by atoms with Crippen LogP contribution in [-0.4, -0.2) is 11.7 Å². The Morgan fingerprint density at radius 2 is 1.61 bits per heavy atom. The third-order valence-electron chi connectivity index (χ3n) is 4.91. The van der Waals surface area contributed by atoms with Crippen LogP contribution in [0.3, 0.4) is 0 Å². The molecular formula is C25H25F3O3. The summed E-state index contributed by atoms with van der Waals surface area (Å²) >= 11 is 0. The van der Waals surface area contributed by atoms with E-state index >= 15 is 0 Å². The minimum absolute atomic E-state index is 0.116. The van der Waals surface area contributed by atoms with E-state index in [9.17, 15) is 18.3 Å². The molecule has 0 bridgehead atoms. The minimum atomic E-state index is -1.01. The van der Waals surface area contributed by atoms with Gasteiger partial charge >= 0.3 is 0 Å². The van der Waals surface area contributed by atoms with Gasteiger partial charge in [-0.2, -0.15) is 4.39 Å². The van der Waals surface area contributed by atoms with Gasteiger partial charge in [-0.3, -0.25) is 0 Å². The summed E-state index contributed by atoms with van der Waals surface area (Å²) in [6.45, 7) is 4.04. The fourth-order valence-electron chi connectivity index (χ4n) is 3.27. The largest absolute Gasteiger partial charge is 0.491 e. The van der Waals surface area contributed by atoms with Crippen molar-refractivity contribution < 1.29 is 27.8 Å². The quantitative estimate of drug-likeness (QED) is 0.417. The second kappa shape index (κ2) is 10.4. The van der Waals surface area contributed by atoms with Crippen molar-refractivity contribution >= 4 is 0 Å². The molecule has 31 heavy (non-hydrogen) atoms. The highest BCUT2D eigenvalue weighted by molar-refractivity contribution is 5.65. The van der Waals surface area contributed by atoms with Gasteiger partial charge in [0.1, 0.15) is 18.2 Å². The number of hydrogen-bond donors (Lipinski definition) is 1. The van der Waals surface area contributed by atoms with E-state index in [-0.39, 0.29) is 30.1 Å². The molecule has 1 unspecified atom stereocenters. The molecule has 0 saturated heterocycles. The summed E-state index contributed by atoms with van der Waals surface area (Å²) < 4.78 is 53.4. The zero-order valence-electron chi connectivity index (χ0n) is 17.5. The molecule has 0 heterocycles. The summed E-state index contributed by atoms with van der Waals surface area (Å²) in [6, 6.07) is 14.1. The number of aliphatic hydroxyl groups is 1. The van der Waals surface area contributed by atoms with Crippen molar-refractivity contribution in [3.05, 3.63) is 83.2 Å². The topological polar surface area (TPSA) is 38.7 Å². The van der Waals surface area contributed by atoms with Crippen LogP contribution in [0.2, 0.25) is 0 Å². The fraction of sp³-hybridized carbons (Fsp3) is 0.280. The highest BCUT2D eigenvalue weighted by Gasteiger charge is 2.16. The first-order valence-corrected chi connectivity index (χ1v) is 10.2. The lowest BCUT2D eigenvalue weighted by atomic mass is 10.0. The van der Waals surface area contributed by atoms with Gasteiger partial charge in [0.05, 0.1) is 12.7 Å². The first-order valence-electron chi connectivity index (χ1n) is 10.2. The van der Waals surface area contributed by atoms with E-state index in [1.807, 2.05) is 6.92 Å². The van der Waals surface area contributed by atoms with Gasteiger partial charge in [-0.15, -0.1) is 0 Å². The second-order valence-electron chi connectivity index (χ2n) is 7.15. The van der Waals surface area contributed by atoms with Gasteiger partial charge in [0.2, 0.25) is 5.82 Å². The maximum Gasteiger partial charge on any atom is 0.201 e. The zero-order chi connectivity index (χ0) is 22.4. The van der Waals surface area contributed by atoms with Crippen molar-refractivity contribution in [3.8, 4) is 22.6 Å². The molecule has 0 aliphatic carbocycles. The molecule has 0 fully saturated rings. The second-order valence-corrected chi connectivity index (χ2v) is 7.15. The lowest BCUT2D eigenvalue weighted by Crippen LogP contribution is -2.02. The van der Waals surface area contributed by atoms with Crippen molar-refractivity contribution in [2.45, 2.75) is 39.4 Å². The van der Waals surface area contributed by atoms with Gasteiger partial charge in [-0.05, 0) is 48.7 Å². The van der Waals surface area contributed by atoms with Crippen LogP contribution >= 0.6 is 0 Å². The van der Waals surface area contributed by atoms with Crippen LogP contribution in [0.5, 0.6) is 11.5 Å². The Morgan fingerprint density at radius 3 is 2.26 bits per heavy atom. The normalized spacial score (nSPS) is 11.9. The summed E-state index contributed by atoms with van der Waals surface area (Å²) in [5.74, 6) is -2.26. The monoisotopic (exact) mass is 430 g/mol. The molecule has 0 saturated carbocycles. The standard InChI is InChI=1S/C25H25F3O3/c1-3-5-22(29)20-11-10-18(14-21(20)26)31-15-16-6-8-17(9-7-16)19-12-13-23(30-4-2)25(28)24(19)27/h6-14,22,29H,3-5,15H2,1-2H3. The maximum atomic E-state index is 14.4. The molecule has 0 aromatic heterocycles. The molecule has 0 aliphatic heterocycles. The van der Waals surface area contributed by atoms with Crippen LogP contribution in [0.15, 0.2) is 54.6 Å². The molecule has 3 aromatic carbocycles. The molecule has 3 rings (SSSR count). The van der Waals surface area contributed by atoms with Gasteiger partial charge in [-0.25, -0.2) is 8.78 Å². The predicted molar refractivity (Wildman–Crippen MR) is 114 cm³/mol. The third-order valence-corrected chi connectivity index (χ3v) is 4.91. The Bertz CT molecular complexity index is 1020. The average molecular weight is 430 g/mol. The Morgan fingerprint density at radius 1 is 0.871 bits per heavy atom. The van der Waals surface area contributed by atoms with E-state index in [1.165, 1.54) is 24.3 Å². The van der Waals surface area contributed by atoms with E-state index in [0.29, 0.717) is 17.7 Å². The van der Waals surface area contributed by atoms with E-state index in [0.717, 1.165) is 12.0 Å². The van der Waals surface area contributed by atoms with Gasteiger partial charge < -0.3 is 14.6 Å². The number of benzene rings is 3. The highest BCUT2D eigenvalue weighted by Crippen LogP contribution is 2.30. The third kappa shape index (κ3) is 5.39. The van der Waals surface area contributed by atoms with E-state index in [2.05, 4.69) is 0 Å². The van der Waals surface area contributed by atoms with Crippen molar-refractivity contribution in [1.82, 2.24) is 0 Å². The van der Waals surface area contributed by atoms with Crippen LogP contribution in [0.1, 0.15) is 43.9 Å². The Hall–Kier alpha value is -2.99. The maximum absolute atomic E-state index is 14.4. The van der Waals surface area contributed by atoms with Gasteiger partial charge in [0.25, 0.3) is 0 Å². The molecular weight excluding hydrogens is 405 g/mol. The number of hydrogen-bond acceptors (Lipinski definition) is 3. The molecule has 0 spiro atoms. The van der Waals surface area contributed by atoms with Crippen LogP contribution in [0.25, 0.3) is 11.1 Å². The fourth-order valence-corrected chi connectivity index (χ4v) is 3.27. The van der Waals surface area contributed by atoms with Crippen LogP contribution < -0.4 is 9.47 Å². The molecule has 1 atom stereocenters. The zero-order valence-corrected chi connectivity index (χ0v) is 17.5. The van der Waals surface area contributed by atoms with Crippen molar-refractivity contribution in [2.75, 3.05) is 6.61 Å². The number of rotatable bonds is 9. The van der Waals surface area contributed by atoms with E-state index in [1.54, 1.807) is 37.3 Å². The summed E-state index contributed by atoms with van der Waals surface area (Å²) in [6.07, 6.45) is 0.407. The van der Waals surface area contributed by atoms with Gasteiger partial charge in [-0.1, -0.05) is 37.6 Å². The summed E-state index contributed by atoms with van der Waals surface area (Å²) in [7, 11) is 0. The Labute approximate surface area is 180 Å². The summed E-state index contributed by atoms with van der Waals surface area (Å²) in [5.41, 5.74) is 1.69. The molecule has 3 aromatic rings. The molecule has 3 nitrogen and oxygen atoms in total. The molecule has 0 amide bonds. The lowest BCUT2D eigenvalue weighted by molar-refractivity contribution is 0.161. The number of halogens is 3. The van der Waals surface area contributed by atoms with Crippen molar-refractivity contribution in [2.24, 2.45) is 0 Å². The molecule has 0 aliphatic rings. The van der Waals surface area contributed by atoms with Crippen LogP contribution in [0.4, 0.5) is 13.2 Å². The van der Waals surface area contributed by atoms with Crippen LogP contribution in [-0.2, 0) is 6.61 Å². The highest BCUT2D eigenvalue weighted by atomic mass is 19.2. The van der Waals surface area contributed by atoms with E-state index < -0.39 is 23.6 Å². The van der Waals surface area contributed by atoms with Crippen LogP contribution in [0, 0.1) is 17.5 Å². The Balaban J connectivity index is 1.68. The minimum Gasteiger partial charge on any atom is -0.491 e. The van der Waals surface area contributed by atoms with Crippen molar-refractivity contribution in [1.29, 1.82) is 0 Å². The van der Waals surface area contributed by atoms with Gasteiger partial charge in [0, 0.05) is 17.2 Å². The SMILES string of the molecule is CCCC(O)c1ccc(OCc2ccc(-c3ccc(OCC)c(F)c3F)cc2)cc1F.